The molecule has 0 unspecified atom stereocenters. The molecule has 7 nitrogen and oxygen atoms in total. The van der Waals surface area contributed by atoms with E-state index in [9.17, 15) is 4.79 Å². The third-order valence-corrected chi connectivity index (χ3v) is 2.72. The molecule has 1 aromatic heterocycles. The molecule has 0 saturated heterocycles. The van der Waals surface area contributed by atoms with Crippen molar-refractivity contribution in [2.45, 2.75) is 13.5 Å². The first-order chi connectivity index (χ1) is 9.56. The first-order valence-corrected chi connectivity index (χ1v) is 6.15. The first kappa shape index (κ1) is 13.9. The SMILES string of the molecule is Cc1nc(CN(C)C(=O)COc2ccccc2N)n[nH]1. The number of carbonyl (C=O) groups excluding carboxylic acids is 1. The summed E-state index contributed by atoms with van der Waals surface area (Å²) in [5.74, 6) is 1.62. The van der Waals surface area contributed by atoms with Crippen molar-refractivity contribution in [1.29, 1.82) is 0 Å². The number of ether oxygens (including phenoxy) is 1. The van der Waals surface area contributed by atoms with Crippen LogP contribution < -0.4 is 10.5 Å². The summed E-state index contributed by atoms with van der Waals surface area (Å²) in [7, 11) is 1.67. The monoisotopic (exact) mass is 275 g/mol. The van der Waals surface area contributed by atoms with Gasteiger partial charge in [-0.05, 0) is 19.1 Å². The molecule has 7 heteroatoms. The van der Waals surface area contributed by atoms with Crippen LogP contribution in [0.2, 0.25) is 0 Å². The number of amides is 1. The number of nitrogens with zero attached hydrogens (tertiary/aromatic N) is 3. The zero-order chi connectivity index (χ0) is 14.5. The van der Waals surface area contributed by atoms with E-state index >= 15 is 0 Å². The van der Waals surface area contributed by atoms with E-state index in [1.165, 1.54) is 4.90 Å². The lowest BCUT2D eigenvalue weighted by atomic mass is 10.3. The van der Waals surface area contributed by atoms with Gasteiger partial charge in [-0.25, -0.2) is 4.98 Å². The normalized spacial score (nSPS) is 10.3. The molecular formula is C13H17N5O2. The summed E-state index contributed by atoms with van der Waals surface area (Å²) in [5, 5.41) is 6.71. The molecule has 0 bridgehead atoms. The molecule has 0 spiro atoms. The first-order valence-electron chi connectivity index (χ1n) is 6.15. The number of carbonyl (C=O) groups is 1. The molecule has 0 saturated carbocycles. The maximum atomic E-state index is 11.9. The molecule has 2 aromatic rings. The minimum atomic E-state index is -0.171. The fourth-order valence-electron chi connectivity index (χ4n) is 1.62. The quantitative estimate of drug-likeness (QED) is 0.784. The Morgan fingerprint density at radius 1 is 1.45 bits per heavy atom. The fourth-order valence-corrected chi connectivity index (χ4v) is 1.62. The number of H-pyrrole nitrogens is 1. The fraction of sp³-hybridized carbons (Fsp3) is 0.308. The molecule has 0 atom stereocenters. The predicted octanol–water partition coefficient (Wildman–Crippen LogP) is 0.733. The van der Waals surface area contributed by atoms with Gasteiger partial charge in [0.2, 0.25) is 0 Å². The van der Waals surface area contributed by atoms with Crippen molar-refractivity contribution in [3.63, 3.8) is 0 Å². The Morgan fingerprint density at radius 3 is 2.85 bits per heavy atom. The van der Waals surface area contributed by atoms with E-state index in [4.69, 9.17) is 10.5 Å². The molecule has 2 rings (SSSR count). The molecular weight excluding hydrogens is 258 g/mol. The maximum absolute atomic E-state index is 11.9. The van der Waals surface area contributed by atoms with Gasteiger partial charge in [-0.3, -0.25) is 9.89 Å². The Hall–Kier alpha value is -2.57. The zero-order valence-electron chi connectivity index (χ0n) is 11.5. The van der Waals surface area contributed by atoms with Gasteiger partial charge in [-0.1, -0.05) is 12.1 Å². The van der Waals surface area contributed by atoms with Crippen LogP contribution in [-0.4, -0.2) is 39.6 Å². The molecule has 0 aliphatic carbocycles. The number of rotatable bonds is 5. The Morgan fingerprint density at radius 2 is 2.20 bits per heavy atom. The minimum Gasteiger partial charge on any atom is -0.482 e. The number of nitrogens with two attached hydrogens (primary N) is 1. The maximum Gasteiger partial charge on any atom is 0.260 e. The Kier molecular flexibility index (Phi) is 4.19. The third-order valence-electron chi connectivity index (χ3n) is 2.72. The molecule has 106 valence electrons. The predicted molar refractivity (Wildman–Crippen MR) is 73.9 cm³/mol. The molecule has 20 heavy (non-hydrogen) atoms. The van der Waals surface area contributed by atoms with Crippen molar-refractivity contribution >= 4 is 11.6 Å². The number of aromatic amines is 1. The van der Waals surface area contributed by atoms with E-state index in [1.54, 1.807) is 32.2 Å². The van der Waals surface area contributed by atoms with Crippen LogP contribution in [-0.2, 0) is 11.3 Å². The standard InChI is InChI=1S/C13H17N5O2/c1-9-15-12(17-16-9)7-18(2)13(19)8-20-11-6-4-3-5-10(11)14/h3-6H,7-8,14H2,1-2H3,(H,15,16,17). The lowest BCUT2D eigenvalue weighted by Gasteiger charge is -2.16. The largest absolute Gasteiger partial charge is 0.482 e. The summed E-state index contributed by atoms with van der Waals surface area (Å²) >= 11 is 0. The molecule has 3 N–H and O–H groups in total. The van der Waals surface area contributed by atoms with E-state index in [0.29, 0.717) is 29.6 Å². The van der Waals surface area contributed by atoms with Gasteiger partial charge in [0, 0.05) is 7.05 Å². The van der Waals surface area contributed by atoms with E-state index in [1.807, 2.05) is 6.07 Å². The van der Waals surface area contributed by atoms with Gasteiger partial charge in [0.25, 0.3) is 5.91 Å². The van der Waals surface area contributed by atoms with Crippen LogP contribution in [0.1, 0.15) is 11.6 Å². The second kappa shape index (κ2) is 6.05. The van der Waals surface area contributed by atoms with Crippen LogP contribution in [0.4, 0.5) is 5.69 Å². The average Bonchev–Trinajstić information content (AvgIpc) is 2.82. The minimum absolute atomic E-state index is 0.0753. The van der Waals surface area contributed by atoms with Gasteiger partial charge in [0.05, 0.1) is 12.2 Å². The van der Waals surface area contributed by atoms with Crippen molar-refractivity contribution < 1.29 is 9.53 Å². The second-order valence-corrected chi connectivity index (χ2v) is 4.41. The van der Waals surface area contributed by atoms with Crippen molar-refractivity contribution in [3.8, 4) is 5.75 Å². The van der Waals surface area contributed by atoms with E-state index in [0.717, 1.165) is 0 Å². The van der Waals surface area contributed by atoms with Gasteiger partial charge in [-0.2, -0.15) is 5.10 Å². The topological polar surface area (TPSA) is 97.1 Å². The van der Waals surface area contributed by atoms with Gasteiger partial charge in [0.15, 0.2) is 12.4 Å². The van der Waals surface area contributed by atoms with Crippen LogP contribution in [0.25, 0.3) is 0 Å². The summed E-state index contributed by atoms with van der Waals surface area (Å²) < 4.78 is 5.40. The van der Waals surface area contributed by atoms with Crippen LogP contribution >= 0.6 is 0 Å². The van der Waals surface area contributed by atoms with Crippen molar-refractivity contribution in [3.05, 3.63) is 35.9 Å². The number of nitrogens with one attached hydrogen (secondary N) is 1. The zero-order valence-corrected chi connectivity index (χ0v) is 11.5. The molecule has 0 aliphatic heterocycles. The van der Waals surface area contributed by atoms with E-state index in [2.05, 4.69) is 15.2 Å². The van der Waals surface area contributed by atoms with Crippen molar-refractivity contribution in [2.24, 2.45) is 0 Å². The lowest BCUT2D eigenvalue weighted by molar-refractivity contribution is -0.132. The number of anilines is 1. The highest BCUT2D eigenvalue weighted by atomic mass is 16.5. The summed E-state index contributed by atoms with van der Waals surface area (Å²) in [6, 6.07) is 7.05. The molecule has 0 fully saturated rings. The van der Waals surface area contributed by atoms with Gasteiger partial charge in [-0.15, -0.1) is 0 Å². The third kappa shape index (κ3) is 3.47. The molecule has 1 amide bonds. The number of hydrogen-bond donors (Lipinski definition) is 2. The number of aryl methyl sites for hydroxylation is 1. The number of likely N-dealkylation sites (N-methyl/N-ethyl adjacent to an activating group) is 1. The van der Waals surface area contributed by atoms with Gasteiger partial charge >= 0.3 is 0 Å². The smallest absolute Gasteiger partial charge is 0.260 e. The number of hydrogen-bond acceptors (Lipinski definition) is 5. The summed E-state index contributed by atoms with van der Waals surface area (Å²) in [4.78, 5) is 17.6. The van der Waals surface area contributed by atoms with Gasteiger partial charge in [0.1, 0.15) is 11.6 Å². The Balaban J connectivity index is 1.87. The second-order valence-electron chi connectivity index (χ2n) is 4.41. The number of nitrogen functional groups attached to an aromatic ring is 1. The highest BCUT2D eigenvalue weighted by Gasteiger charge is 2.13. The van der Waals surface area contributed by atoms with Crippen LogP contribution in [0.3, 0.4) is 0 Å². The highest BCUT2D eigenvalue weighted by Crippen LogP contribution is 2.19. The molecule has 0 aliphatic rings. The summed E-state index contributed by atoms with van der Waals surface area (Å²) in [5.41, 5.74) is 6.24. The van der Waals surface area contributed by atoms with Crippen molar-refractivity contribution in [2.75, 3.05) is 19.4 Å². The summed E-state index contributed by atoms with van der Waals surface area (Å²) in [6.45, 7) is 2.06. The molecule has 1 heterocycles. The van der Waals surface area contributed by atoms with E-state index in [-0.39, 0.29) is 12.5 Å². The van der Waals surface area contributed by atoms with Crippen LogP contribution in [0, 0.1) is 6.92 Å². The number of aromatic nitrogens is 3. The van der Waals surface area contributed by atoms with Crippen LogP contribution in [0.5, 0.6) is 5.75 Å². The van der Waals surface area contributed by atoms with E-state index < -0.39 is 0 Å². The Labute approximate surface area is 116 Å². The summed E-state index contributed by atoms with van der Waals surface area (Å²) in [6.07, 6.45) is 0. The lowest BCUT2D eigenvalue weighted by Crippen LogP contribution is -2.31. The number of para-hydroxylation sites is 2. The van der Waals surface area contributed by atoms with Gasteiger partial charge < -0.3 is 15.4 Å². The number of benzene rings is 1. The Bertz CT molecular complexity index is 596. The molecule has 0 radical (unpaired) electrons. The molecule has 1 aromatic carbocycles. The highest BCUT2D eigenvalue weighted by molar-refractivity contribution is 5.77. The average molecular weight is 275 g/mol. The van der Waals surface area contributed by atoms with Crippen LogP contribution in [0.15, 0.2) is 24.3 Å². The van der Waals surface area contributed by atoms with Crippen molar-refractivity contribution in [1.82, 2.24) is 20.1 Å².